The van der Waals surface area contributed by atoms with Gasteiger partial charge in [0.15, 0.2) is 0 Å². The molecule has 9 heteroatoms. The number of piperidine rings is 1. The van der Waals surface area contributed by atoms with E-state index in [4.69, 9.17) is 0 Å². The average Bonchev–Trinajstić information content (AvgIpc) is 3.36. The lowest BCUT2D eigenvalue weighted by molar-refractivity contribution is 0.0776. The van der Waals surface area contributed by atoms with Crippen molar-refractivity contribution >= 4 is 29.1 Å². The molecule has 5 rings (SSSR count). The van der Waals surface area contributed by atoms with Gasteiger partial charge in [-0.05, 0) is 50.1 Å². The molecule has 0 bridgehead atoms. The van der Waals surface area contributed by atoms with E-state index in [2.05, 4.69) is 42.9 Å². The first kappa shape index (κ1) is 25.3. The Morgan fingerprint density at radius 2 is 1.78 bits per heavy atom. The van der Waals surface area contributed by atoms with Crippen LogP contribution in [0.4, 0.5) is 18.9 Å². The lowest BCUT2D eigenvalue weighted by atomic mass is 9.89. The van der Waals surface area contributed by atoms with E-state index >= 15 is 4.39 Å². The van der Waals surface area contributed by atoms with E-state index < -0.39 is 6.43 Å². The fraction of sp³-hybridized carbons (Fsp3) is 0.481. The Morgan fingerprint density at radius 1 is 1.03 bits per heavy atom. The van der Waals surface area contributed by atoms with Crippen LogP contribution in [0.3, 0.4) is 0 Å². The Morgan fingerprint density at radius 3 is 2.36 bits per heavy atom. The van der Waals surface area contributed by atoms with E-state index in [9.17, 15) is 8.78 Å². The molecule has 2 aromatic rings. The van der Waals surface area contributed by atoms with Gasteiger partial charge in [-0.2, -0.15) is 14.6 Å². The molecule has 0 radical (unpaired) electrons. The maximum Gasteiger partial charge on any atom is 0.278 e. The first-order chi connectivity index (χ1) is 17.5. The van der Waals surface area contributed by atoms with Crippen molar-refractivity contribution in [1.82, 2.24) is 9.31 Å². The molecule has 3 aliphatic rings. The first-order valence-electron chi connectivity index (χ1n) is 12.6. The van der Waals surface area contributed by atoms with Crippen molar-refractivity contribution in [2.24, 2.45) is 10.2 Å². The van der Waals surface area contributed by atoms with Crippen LogP contribution in [0, 0.1) is 5.82 Å². The second kappa shape index (κ2) is 11.4. The quantitative estimate of drug-likeness (QED) is 0.296. The van der Waals surface area contributed by atoms with Crippen LogP contribution in [0.15, 0.2) is 58.7 Å². The van der Waals surface area contributed by atoms with Crippen LogP contribution in [0.25, 0.3) is 0 Å². The molecule has 0 amide bonds. The zero-order valence-corrected chi connectivity index (χ0v) is 21.3. The van der Waals surface area contributed by atoms with Gasteiger partial charge in [-0.15, -0.1) is 0 Å². The second-order valence-corrected chi connectivity index (χ2v) is 10.4. The summed E-state index contributed by atoms with van der Waals surface area (Å²) in [6.45, 7) is 2.57. The van der Waals surface area contributed by atoms with Crippen LogP contribution >= 0.6 is 11.9 Å². The van der Waals surface area contributed by atoms with Crippen LogP contribution < -0.4 is 5.01 Å². The van der Waals surface area contributed by atoms with Crippen LogP contribution in [0.2, 0.25) is 0 Å². The molecule has 1 saturated heterocycles. The molecule has 0 aromatic heterocycles. The summed E-state index contributed by atoms with van der Waals surface area (Å²) in [5.41, 5.74) is 2.14. The summed E-state index contributed by atoms with van der Waals surface area (Å²) in [5, 5.41) is 9.57. The number of hydrazine groups is 1. The summed E-state index contributed by atoms with van der Waals surface area (Å²) in [6.07, 6.45) is 5.53. The summed E-state index contributed by atoms with van der Waals surface area (Å²) < 4.78 is 43.5. The van der Waals surface area contributed by atoms with Gasteiger partial charge < -0.3 is 4.90 Å². The Hall–Kier alpha value is -2.36. The van der Waals surface area contributed by atoms with Gasteiger partial charge in [0.25, 0.3) is 6.43 Å². The molecule has 0 spiro atoms. The van der Waals surface area contributed by atoms with E-state index in [0.29, 0.717) is 29.4 Å². The third-order valence-corrected chi connectivity index (χ3v) is 8.36. The van der Waals surface area contributed by atoms with E-state index in [1.54, 1.807) is 24.1 Å². The van der Waals surface area contributed by atoms with Gasteiger partial charge in [0, 0.05) is 42.7 Å². The minimum atomic E-state index is -2.65. The van der Waals surface area contributed by atoms with Crippen molar-refractivity contribution < 1.29 is 13.2 Å². The molecule has 2 aliphatic heterocycles. The molecule has 0 atom stereocenters. The minimum Gasteiger partial charge on any atom is -0.300 e. The maximum atomic E-state index is 15.3. The molecule has 1 saturated carbocycles. The Bertz CT molecular complexity index is 1100. The summed E-state index contributed by atoms with van der Waals surface area (Å²) >= 11 is 1.67. The van der Waals surface area contributed by atoms with Crippen molar-refractivity contribution in [2.45, 2.75) is 63.6 Å². The molecule has 1 aliphatic carbocycles. The van der Waals surface area contributed by atoms with E-state index in [0.717, 1.165) is 37.7 Å². The Labute approximate surface area is 215 Å². The number of hydrogen-bond acceptors (Lipinski definition) is 6. The highest BCUT2D eigenvalue weighted by Gasteiger charge is 2.33. The fourth-order valence-electron chi connectivity index (χ4n) is 5.21. The monoisotopic (exact) mass is 515 g/mol. The van der Waals surface area contributed by atoms with Crippen LogP contribution in [0.5, 0.6) is 0 Å². The zero-order chi connectivity index (χ0) is 25.1. The number of benzene rings is 2. The number of para-hydroxylation sites is 1. The molecule has 0 unspecified atom stereocenters. The lowest BCUT2D eigenvalue weighted by Gasteiger charge is -2.46. The number of alkyl halides is 2. The first-order valence-corrected chi connectivity index (χ1v) is 13.8. The van der Waals surface area contributed by atoms with Gasteiger partial charge in [0.05, 0.1) is 17.9 Å². The smallest absolute Gasteiger partial charge is 0.278 e. The maximum absolute atomic E-state index is 15.3. The highest BCUT2D eigenvalue weighted by atomic mass is 32.2. The molecular formula is C27H32F3N5S. The summed E-state index contributed by atoms with van der Waals surface area (Å²) in [4.78, 5) is 2.64. The highest BCUT2D eigenvalue weighted by Crippen LogP contribution is 2.33. The van der Waals surface area contributed by atoms with Crippen molar-refractivity contribution in [1.29, 1.82) is 0 Å². The topological polar surface area (TPSA) is 34.4 Å². The van der Waals surface area contributed by atoms with Gasteiger partial charge in [-0.3, -0.25) is 5.01 Å². The molecule has 0 N–H and O–H groups in total. The molecule has 2 aromatic carbocycles. The zero-order valence-electron chi connectivity index (χ0n) is 20.5. The normalized spacial score (nSPS) is 19.5. The van der Waals surface area contributed by atoms with Gasteiger partial charge in [0.1, 0.15) is 11.5 Å². The predicted molar refractivity (Wildman–Crippen MR) is 141 cm³/mol. The number of rotatable bonds is 9. The van der Waals surface area contributed by atoms with Crippen molar-refractivity contribution in [3.63, 3.8) is 0 Å². The summed E-state index contributed by atoms with van der Waals surface area (Å²) in [6, 6.07) is 16.1. The van der Waals surface area contributed by atoms with Crippen molar-refractivity contribution in [3.8, 4) is 0 Å². The number of nitrogens with zero attached hydrogens (tertiary/aromatic N) is 5. The number of anilines is 1. The molecule has 36 heavy (non-hydrogen) atoms. The van der Waals surface area contributed by atoms with Crippen molar-refractivity contribution in [3.05, 3.63) is 65.5 Å². The fourth-order valence-corrected chi connectivity index (χ4v) is 6.07. The van der Waals surface area contributed by atoms with Gasteiger partial charge >= 0.3 is 0 Å². The van der Waals surface area contributed by atoms with Crippen molar-refractivity contribution in [2.75, 3.05) is 24.4 Å². The van der Waals surface area contributed by atoms with E-state index in [1.807, 2.05) is 18.2 Å². The number of halogens is 3. The third-order valence-electron chi connectivity index (χ3n) is 7.49. The van der Waals surface area contributed by atoms with E-state index in [1.165, 1.54) is 25.3 Å². The van der Waals surface area contributed by atoms with Crippen LogP contribution in [-0.2, 0) is 6.54 Å². The molecule has 192 valence electrons. The largest absolute Gasteiger partial charge is 0.300 e. The van der Waals surface area contributed by atoms with Gasteiger partial charge in [-0.25, -0.2) is 13.2 Å². The SMILES string of the molecule is CSN(C1CCN(C2CCC2)CC1)N(Cc1ccc(C2=NN=C(C(F)F)C2)cc1F)c1ccccc1. The van der Waals surface area contributed by atoms with E-state index in [-0.39, 0.29) is 17.9 Å². The molecule has 5 nitrogen and oxygen atoms in total. The van der Waals surface area contributed by atoms with Crippen LogP contribution in [-0.4, -0.2) is 58.6 Å². The highest BCUT2D eigenvalue weighted by molar-refractivity contribution is 7.96. The summed E-state index contributed by atoms with van der Waals surface area (Å²) in [7, 11) is 0. The third kappa shape index (κ3) is 5.48. The molecular weight excluding hydrogens is 483 g/mol. The number of likely N-dealkylation sites (tertiary alicyclic amines) is 1. The standard InChI is InChI=1S/C27H32F3N5S/c1-36-35(23-12-14-33(15-13-23)21-8-5-9-21)34(22-6-3-2-4-7-22)18-20-11-10-19(16-24(20)28)25-17-26(27(29)30)32-31-25/h2-4,6-7,10-11,16,21,23,27H,5,8-9,12-15,17-18H2,1H3. The Kier molecular flexibility index (Phi) is 7.98. The average molecular weight is 516 g/mol. The number of hydrogen-bond donors (Lipinski definition) is 0. The van der Waals surface area contributed by atoms with Crippen LogP contribution in [0.1, 0.15) is 49.7 Å². The predicted octanol–water partition coefficient (Wildman–Crippen LogP) is 6.16. The lowest BCUT2D eigenvalue weighted by Crippen LogP contribution is -2.52. The summed E-state index contributed by atoms with van der Waals surface area (Å²) in [5.74, 6) is -0.373. The Balaban J connectivity index is 1.33. The molecule has 2 fully saturated rings. The molecule has 2 heterocycles. The van der Waals surface area contributed by atoms with Gasteiger partial charge in [-0.1, -0.05) is 48.7 Å². The second-order valence-electron chi connectivity index (χ2n) is 9.65. The minimum absolute atomic E-state index is 0.0492. The van der Waals surface area contributed by atoms with Gasteiger partial charge in [0.2, 0.25) is 0 Å².